The fourth-order valence-corrected chi connectivity index (χ4v) is 3.38. The average molecular weight is 434 g/mol. The Morgan fingerprint density at radius 2 is 1.87 bits per heavy atom. The summed E-state index contributed by atoms with van der Waals surface area (Å²) >= 11 is 0. The fourth-order valence-electron chi connectivity index (χ4n) is 3.38. The molecule has 1 aliphatic heterocycles. The molecule has 1 fully saturated rings. The predicted molar refractivity (Wildman–Crippen MR) is 113 cm³/mol. The van der Waals surface area contributed by atoms with Crippen molar-refractivity contribution in [3.8, 4) is 0 Å². The summed E-state index contributed by atoms with van der Waals surface area (Å²) in [5.41, 5.74) is 0.859. The molecule has 2 rings (SSSR count). The summed E-state index contributed by atoms with van der Waals surface area (Å²) in [6, 6.07) is 7.81. The molecule has 31 heavy (non-hydrogen) atoms. The predicted octanol–water partition coefficient (Wildman–Crippen LogP) is 1.75. The van der Waals surface area contributed by atoms with E-state index in [1.54, 1.807) is 6.92 Å². The number of hydrogen-bond donors (Lipinski definition) is 2. The molecule has 0 aromatic heterocycles. The number of carbonyl (C=O) groups excluding carboxylic acids is 4. The Hall–Kier alpha value is -3.10. The Balaban J connectivity index is 1.91. The number of amides is 3. The molecule has 0 saturated carbocycles. The molecule has 9 nitrogen and oxygen atoms in total. The molecule has 0 radical (unpaired) electrons. The van der Waals surface area contributed by atoms with Gasteiger partial charge in [-0.25, -0.2) is 4.79 Å². The summed E-state index contributed by atoms with van der Waals surface area (Å²) < 4.78 is 10.1. The van der Waals surface area contributed by atoms with Crippen molar-refractivity contribution in [1.82, 2.24) is 15.5 Å². The summed E-state index contributed by atoms with van der Waals surface area (Å²) in [6.07, 6.45) is 1.68. The van der Waals surface area contributed by atoms with Gasteiger partial charge in [-0.3, -0.25) is 19.3 Å². The van der Waals surface area contributed by atoms with E-state index in [0.29, 0.717) is 32.2 Å². The molecule has 1 aromatic rings. The second-order valence-corrected chi connectivity index (χ2v) is 7.26. The Bertz CT molecular complexity index is 755. The fraction of sp³-hybridized carbons (Fsp3) is 0.545. The van der Waals surface area contributed by atoms with Gasteiger partial charge < -0.3 is 20.1 Å². The van der Waals surface area contributed by atoms with Gasteiger partial charge in [0.1, 0.15) is 25.2 Å². The van der Waals surface area contributed by atoms with E-state index < -0.39 is 36.0 Å². The maximum absolute atomic E-state index is 12.8. The van der Waals surface area contributed by atoms with Crippen molar-refractivity contribution in [3.05, 3.63) is 35.9 Å². The highest BCUT2D eigenvalue weighted by Gasteiger charge is 2.36. The number of rotatable bonds is 10. The third-order valence-corrected chi connectivity index (χ3v) is 4.92. The minimum Gasteiger partial charge on any atom is -0.465 e. The van der Waals surface area contributed by atoms with Crippen LogP contribution in [0.3, 0.4) is 0 Å². The second kappa shape index (κ2) is 12.6. The molecule has 0 bridgehead atoms. The molecule has 1 aromatic carbocycles. The number of hydrogen-bond acceptors (Lipinski definition) is 6. The van der Waals surface area contributed by atoms with Crippen LogP contribution in [0.25, 0.3) is 0 Å². The summed E-state index contributed by atoms with van der Waals surface area (Å²) in [5, 5.41) is 5.21. The Labute approximate surface area is 182 Å². The molecule has 0 spiro atoms. The zero-order chi connectivity index (χ0) is 22.6. The van der Waals surface area contributed by atoms with Crippen LogP contribution < -0.4 is 10.6 Å². The zero-order valence-corrected chi connectivity index (χ0v) is 18.1. The third kappa shape index (κ3) is 7.58. The quantitative estimate of drug-likeness (QED) is 0.544. The first-order valence-corrected chi connectivity index (χ1v) is 10.7. The van der Waals surface area contributed by atoms with Crippen LogP contribution in [0.2, 0.25) is 0 Å². The second-order valence-electron chi connectivity index (χ2n) is 7.26. The lowest BCUT2D eigenvalue weighted by molar-refractivity contribution is -0.143. The van der Waals surface area contributed by atoms with E-state index in [1.165, 1.54) is 4.90 Å². The number of benzene rings is 1. The lowest BCUT2D eigenvalue weighted by Crippen LogP contribution is -2.53. The van der Waals surface area contributed by atoms with Crippen LogP contribution >= 0.6 is 0 Å². The molecule has 3 amide bonds. The van der Waals surface area contributed by atoms with E-state index >= 15 is 0 Å². The van der Waals surface area contributed by atoms with E-state index in [4.69, 9.17) is 9.47 Å². The van der Waals surface area contributed by atoms with E-state index in [9.17, 15) is 19.2 Å². The van der Waals surface area contributed by atoms with Gasteiger partial charge in [0.2, 0.25) is 11.8 Å². The molecule has 0 unspecified atom stereocenters. The summed E-state index contributed by atoms with van der Waals surface area (Å²) in [5.74, 6) is -1.40. The minimum atomic E-state index is -0.797. The molecule has 9 heteroatoms. The highest BCUT2D eigenvalue weighted by molar-refractivity contribution is 5.92. The minimum absolute atomic E-state index is 0.124. The number of esters is 1. The smallest absolute Gasteiger partial charge is 0.410 e. The summed E-state index contributed by atoms with van der Waals surface area (Å²) in [4.78, 5) is 50.6. The first-order valence-electron chi connectivity index (χ1n) is 10.7. The number of ether oxygens (including phenoxy) is 2. The first-order chi connectivity index (χ1) is 15.0. The molecule has 2 N–H and O–H groups in total. The van der Waals surface area contributed by atoms with Gasteiger partial charge in [-0.1, -0.05) is 43.7 Å². The van der Waals surface area contributed by atoms with Crippen molar-refractivity contribution < 1.29 is 28.7 Å². The van der Waals surface area contributed by atoms with E-state index in [2.05, 4.69) is 10.6 Å². The van der Waals surface area contributed by atoms with Gasteiger partial charge >= 0.3 is 12.1 Å². The standard InChI is InChI=1S/C22H31N3O6/c1-3-9-17(20(27)23-14-19(26)30-4-2)24-21(28)18-12-8-13-25(18)22(29)31-15-16-10-6-5-7-11-16/h5-7,10-11,17-18H,3-4,8-9,12-15H2,1-2H3,(H,23,27)(H,24,28)/t17-,18-/m0/s1. The van der Waals surface area contributed by atoms with Crippen LogP contribution in [0.15, 0.2) is 30.3 Å². The highest BCUT2D eigenvalue weighted by atomic mass is 16.6. The SMILES string of the molecule is CCC[C@H](NC(=O)[C@@H]1CCCN1C(=O)OCc1ccccc1)C(=O)NCC(=O)OCC. The van der Waals surface area contributed by atoms with Crippen molar-refractivity contribution in [2.75, 3.05) is 19.7 Å². The van der Waals surface area contributed by atoms with E-state index in [-0.39, 0.29) is 19.8 Å². The Morgan fingerprint density at radius 3 is 2.55 bits per heavy atom. The van der Waals surface area contributed by atoms with Gasteiger partial charge in [-0.05, 0) is 31.7 Å². The normalized spacial score (nSPS) is 16.3. The van der Waals surface area contributed by atoms with Crippen molar-refractivity contribution in [2.45, 2.75) is 58.2 Å². The summed E-state index contributed by atoms with van der Waals surface area (Å²) in [7, 11) is 0. The Morgan fingerprint density at radius 1 is 1.13 bits per heavy atom. The highest BCUT2D eigenvalue weighted by Crippen LogP contribution is 2.19. The monoisotopic (exact) mass is 433 g/mol. The molecule has 2 atom stereocenters. The van der Waals surface area contributed by atoms with Gasteiger partial charge in [0.05, 0.1) is 6.61 Å². The van der Waals surface area contributed by atoms with Crippen molar-refractivity contribution in [2.24, 2.45) is 0 Å². The van der Waals surface area contributed by atoms with Gasteiger partial charge in [-0.15, -0.1) is 0 Å². The van der Waals surface area contributed by atoms with Crippen LogP contribution in [0.4, 0.5) is 4.79 Å². The van der Waals surface area contributed by atoms with Crippen LogP contribution in [-0.4, -0.2) is 60.6 Å². The van der Waals surface area contributed by atoms with Crippen LogP contribution in [0, 0.1) is 0 Å². The Kier molecular flexibility index (Phi) is 9.80. The molecule has 1 heterocycles. The number of likely N-dealkylation sites (tertiary alicyclic amines) is 1. The number of nitrogens with zero attached hydrogens (tertiary/aromatic N) is 1. The third-order valence-electron chi connectivity index (χ3n) is 4.92. The lowest BCUT2D eigenvalue weighted by Gasteiger charge is -2.25. The van der Waals surface area contributed by atoms with Crippen LogP contribution in [0.1, 0.15) is 45.1 Å². The van der Waals surface area contributed by atoms with Gasteiger partial charge in [-0.2, -0.15) is 0 Å². The molecule has 1 saturated heterocycles. The molecule has 170 valence electrons. The maximum Gasteiger partial charge on any atom is 0.410 e. The van der Waals surface area contributed by atoms with Crippen molar-refractivity contribution >= 4 is 23.9 Å². The molecule has 1 aliphatic rings. The van der Waals surface area contributed by atoms with E-state index in [0.717, 1.165) is 5.56 Å². The van der Waals surface area contributed by atoms with Crippen LogP contribution in [0.5, 0.6) is 0 Å². The lowest BCUT2D eigenvalue weighted by atomic mass is 10.1. The van der Waals surface area contributed by atoms with Crippen molar-refractivity contribution in [3.63, 3.8) is 0 Å². The topological polar surface area (TPSA) is 114 Å². The maximum atomic E-state index is 12.8. The largest absolute Gasteiger partial charge is 0.465 e. The van der Waals surface area contributed by atoms with Gasteiger partial charge in [0.15, 0.2) is 0 Å². The first kappa shape index (κ1) is 24.2. The van der Waals surface area contributed by atoms with E-state index in [1.807, 2.05) is 37.3 Å². The average Bonchev–Trinajstić information content (AvgIpc) is 3.26. The van der Waals surface area contributed by atoms with Crippen LogP contribution in [-0.2, 0) is 30.5 Å². The summed E-state index contributed by atoms with van der Waals surface area (Å²) in [6.45, 7) is 4.07. The zero-order valence-electron chi connectivity index (χ0n) is 18.1. The van der Waals surface area contributed by atoms with Gasteiger partial charge in [0, 0.05) is 6.54 Å². The molecular formula is C22H31N3O6. The van der Waals surface area contributed by atoms with Crippen molar-refractivity contribution in [1.29, 1.82) is 0 Å². The number of nitrogens with one attached hydrogen (secondary N) is 2. The van der Waals surface area contributed by atoms with Gasteiger partial charge in [0.25, 0.3) is 0 Å². The molecule has 0 aliphatic carbocycles. The molecular weight excluding hydrogens is 402 g/mol. The number of carbonyl (C=O) groups is 4.